The third-order valence-corrected chi connectivity index (χ3v) is 5.43. The van der Waals surface area contributed by atoms with Gasteiger partial charge in [0.1, 0.15) is 5.82 Å². The zero-order valence-corrected chi connectivity index (χ0v) is 12.3. The van der Waals surface area contributed by atoms with Gasteiger partial charge in [-0.1, -0.05) is 20.8 Å². The van der Waals surface area contributed by atoms with Crippen molar-refractivity contribution in [3.63, 3.8) is 0 Å². The number of nitrogens with one attached hydrogen (secondary N) is 2. The topological polar surface area (TPSA) is 70.7 Å². The fourth-order valence-corrected chi connectivity index (χ4v) is 4.43. The van der Waals surface area contributed by atoms with E-state index in [2.05, 4.69) is 41.3 Å². The molecule has 3 aliphatic carbocycles. The zero-order chi connectivity index (χ0) is 14.1. The predicted molar refractivity (Wildman–Crippen MR) is 74.1 cm³/mol. The Hall–Kier alpha value is -1.39. The molecule has 1 aromatic rings. The second-order valence-corrected chi connectivity index (χ2v) is 7.74. The van der Waals surface area contributed by atoms with Gasteiger partial charge < -0.3 is 5.32 Å². The van der Waals surface area contributed by atoms with Crippen molar-refractivity contribution >= 4 is 5.91 Å². The molecule has 1 amide bonds. The molecule has 4 rings (SSSR count). The monoisotopic (exact) mass is 274 g/mol. The van der Waals surface area contributed by atoms with Gasteiger partial charge in [0.15, 0.2) is 0 Å². The average molecular weight is 274 g/mol. The number of rotatable bonds is 2. The third kappa shape index (κ3) is 1.71. The molecule has 1 heterocycles. The normalized spacial score (nSPS) is 37.9. The minimum absolute atomic E-state index is 0.110. The summed E-state index contributed by atoms with van der Waals surface area (Å²) >= 11 is 0. The van der Waals surface area contributed by atoms with Crippen LogP contribution < -0.4 is 5.32 Å². The summed E-state index contributed by atoms with van der Waals surface area (Å²) in [5, 5.41) is 10.1. The van der Waals surface area contributed by atoms with Crippen LogP contribution in [0, 0.1) is 23.7 Å². The first kappa shape index (κ1) is 12.4. The lowest BCUT2D eigenvalue weighted by molar-refractivity contribution is 0.0934. The largest absolute Gasteiger partial charge is 0.346 e. The maximum atomic E-state index is 12.2. The lowest BCUT2D eigenvalue weighted by atomic mass is 9.96. The Kier molecular flexibility index (Phi) is 2.37. The van der Waals surface area contributed by atoms with Gasteiger partial charge in [-0.3, -0.25) is 9.89 Å². The number of aromatic amines is 1. The van der Waals surface area contributed by atoms with E-state index in [-0.39, 0.29) is 17.1 Å². The number of fused-ring (bicyclic) bond motifs is 5. The van der Waals surface area contributed by atoms with Gasteiger partial charge in [-0.15, -0.1) is 5.10 Å². The quantitative estimate of drug-likeness (QED) is 0.865. The van der Waals surface area contributed by atoms with Crippen molar-refractivity contribution in [2.45, 2.75) is 51.5 Å². The fraction of sp³-hybridized carbons (Fsp3) is 0.800. The van der Waals surface area contributed by atoms with Crippen LogP contribution in [0.15, 0.2) is 0 Å². The number of hydrogen-bond donors (Lipinski definition) is 2. The number of hydrogen-bond acceptors (Lipinski definition) is 3. The van der Waals surface area contributed by atoms with E-state index in [1.54, 1.807) is 0 Å². The minimum Gasteiger partial charge on any atom is -0.346 e. The molecule has 0 aliphatic heterocycles. The van der Waals surface area contributed by atoms with Crippen LogP contribution in [0.25, 0.3) is 0 Å². The van der Waals surface area contributed by atoms with E-state index >= 15 is 0 Å². The van der Waals surface area contributed by atoms with Crippen LogP contribution in [0.3, 0.4) is 0 Å². The molecule has 108 valence electrons. The molecule has 20 heavy (non-hydrogen) atoms. The highest BCUT2D eigenvalue weighted by molar-refractivity contribution is 5.90. The number of nitrogens with zero attached hydrogens (tertiary/aromatic N) is 2. The summed E-state index contributed by atoms with van der Waals surface area (Å²) in [5.41, 5.74) is -0.110. The molecule has 4 unspecified atom stereocenters. The summed E-state index contributed by atoms with van der Waals surface area (Å²) < 4.78 is 0. The van der Waals surface area contributed by atoms with Gasteiger partial charge in [-0.2, -0.15) is 0 Å². The van der Waals surface area contributed by atoms with Gasteiger partial charge >= 0.3 is 0 Å². The van der Waals surface area contributed by atoms with E-state index in [0.29, 0.717) is 6.04 Å². The van der Waals surface area contributed by atoms with Crippen LogP contribution in [-0.2, 0) is 5.41 Å². The van der Waals surface area contributed by atoms with Crippen LogP contribution in [0.1, 0.15) is 56.5 Å². The van der Waals surface area contributed by atoms with Gasteiger partial charge in [0.25, 0.3) is 5.91 Å². The van der Waals surface area contributed by atoms with Gasteiger partial charge in [0.2, 0.25) is 5.82 Å². The number of carbonyl (C=O) groups excluding carboxylic acids is 1. The van der Waals surface area contributed by atoms with Crippen molar-refractivity contribution in [2.75, 3.05) is 0 Å². The van der Waals surface area contributed by atoms with E-state index in [0.717, 1.165) is 29.5 Å². The summed E-state index contributed by atoms with van der Waals surface area (Å²) in [6, 6.07) is 0.394. The molecule has 0 radical (unpaired) electrons. The number of carbonyl (C=O) groups is 1. The van der Waals surface area contributed by atoms with E-state index in [1.165, 1.54) is 19.3 Å². The van der Waals surface area contributed by atoms with E-state index < -0.39 is 0 Å². The van der Waals surface area contributed by atoms with Crippen molar-refractivity contribution in [1.29, 1.82) is 0 Å². The molecular weight excluding hydrogens is 252 g/mol. The molecule has 3 aliphatic rings. The lowest BCUT2D eigenvalue weighted by Gasteiger charge is -2.13. The highest BCUT2D eigenvalue weighted by Crippen LogP contribution is 2.65. The summed E-state index contributed by atoms with van der Waals surface area (Å²) in [4.78, 5) is 16.6. The molecule has 4 atom stereocenters. The molecule has 2 bridgehead atoms. The molecule has 5 heteroatoms. The molecule has 3 saturated carbocycles. The van der Waals surface area contributed by atoms with Crippen LogP contribution in [-0.4, -0.2) is 27.1 Å². The number of aromatic nitrogens is 3. The second kappa shape index (κ2) is 3.83. The van der Waals surface area contributed by atoms with E-state index in [4.69, 9.17) is 0 Å². The Labute approximate surface area is 118 Å². The van der Waals surface area contributed by atoms with E-state index in [1.807, 2.05) is 0 Å². The van der Waals surface area contributed by atoms with Crippen molar-refractivity contribution in [1.82, 2.24) is 20.5 Å². The first-order chi connectivity index (χ1) is 9.45. The molecule has 0 spiro atoms. The molecule has 0 saturated heterocycles. The van der Waals surface area contributed by atoms with Crippen LogP contribution in [0.2, 0.25) is 0 Å². The maximum absolute atomic E-state index is 12.2. The number of H-pyrrole nitrogens is 1. The maximum Gasteiger partial charge on any atom is 0.291 e. The first-order valence-corrected chi connectivity index (χ1v) is 7.69. The van der Waals surface area contributed by atoms with Gasteiger partial charge in [-0.25, -0.2) is 4.98 Å². The van der Waals surface area contributed by atoms with E-state index in [9.17, 15) is 4.79 Å². The Morgan fingerprint density at radius 1 is 1.25 bits per heavy atom. The van der Waals surface area contributed by atoms with Gasteiger partial charge in [-0.05, 0) is 42.9 Å². The van der Waals surface area contributed by atoms with Crippen LogP contribution >= 0.6 is 0 Å². The lowest BCUT2D eigenvalue weighted by Crippen LogP contribution is -2.30. The Morgan fingerprint density at radius 3 is 2.45 bits per heavy atom. The Balaban J connectivity index is 1.43. The third-order valence-electron chi connectivity index (χ3n) is 5.43. The summed E-state index contributed by atoms with van der Waals surface area (Å²) in [7, 11) is 0. The molecule has 3 fully saturated rings. The highest BCUT2D eigenvalue weighted by atomic mass is 16.2. The van der Waals surface area contributed by atoms with Crippen molar-refractivity contribution < 1.29 is 4.79 Å². The fourth-order valence-electron chi connectivity index (χ4n) is 4.43. The van der Waals surface area contributed by atoms with Gasteiger partial charge in [0.05, 0.1) is 0 Å². The highest BCUT2D eigenvalue weighted by Gasteiger charge is 2.65. The number of amides is 1. The smallest absolute Gasteiger partial charge is 0.291 e. The molecule has 2 N–H and O–H groups in total. The Morgan fingerprint density at radius 2 is 1.90 bits per heavy atom. The molecular formula is C15H22N4O. The zero-order valence-electron chi connectivity index (χ0n) is 12.3. The second-order valence-electron chi connectivity index (χ2n) is 7.74. The van der Waals surface area contributed by atoms with Crippen LogP contribution in [0.4, 0.5) is 0 Å². The standard InChI is InChI=1S/C15H22N4O/c1-15(2,3)14-17-12(18-19-14)13(20)16-11-9-7-4-5-8(6-7)10(9)11/h7-11H,4-6H2,1-3H3,(H,16,20)(H,17,18,19). The summed E-state index contributed by atoms with van der Waals surface area (Å²) in [6.45, 7) is 6.16. The SMILES string of the molecule is CC(C)(C)c1nc(C(=O)NC2C3C4CCC(C4)C23)n[nH]1. The van der Waals surface area contributed by atoms with Crippen molar-refractivity contribution in [3.8, 4) is 0 Å². The Bertz CT molecular complexity index is 542. The minimum atomic E-state index is -0.115. The van der Waals surface area contributed by atoms with Crippen molar-refractivity contribution in [2.24, 2.45) is 23.7 Å². The molecule has 5 nitrogen and oxygen atoms in total. The molecule has 0 aromatic carbocycles. The predicted octanol–water partition coefficient (Wildman–Crippen LogP) is 1.88. The van der Waals surface area contributed by atoms with Crippen LogP contribution in [0.5, 0.6) is 0 Å². The van der Waals surface area contributed by atoms with Gasteiger partial charge in [0, 0.05) is 11.5 Å². The van der Waals surface area contributed by atoms with Crippen molar-refractivity contribution in [3.05, 3.63) is 11.6 Å². The summed E-state index contributed by atoms with van der Waals surface area (Å²) in [6.07, 6.45) is 4.14. The average Bonchev–Trinajstić information content (AvgIpc) is 2.86. The summed E-state index contributed by atoms with van der Waals surface area (Å²) in [5.74, 6) is 4.17. The molecule has 1 aromatic heterocycles. The first-order valence-electron chi connectivity index (χ1n) is 7.69.